The zero-order valence-electron chi connectivity index (χ0n) is 11.6. The second-order valence-corrected chi connectivity index (χ2v) is 5.17. The van der Waals surface area contributed by atoms with Gasteiger partial charge in [0.15, 0.2) is 5.60 Å². The molecule has 1 aromatic heterocycles. The van der Waals surface area contributed by atoms with Crippen molar-refractivity contribution in [2.24, 2.45) is 0 Å². The van der Waals surface area contributed by atoms with E-state index in [0.717, 1.165) is 6.92 Å². The van der Waals surface area contributed by atoms with Gasteiger partial charge in [-0.25, -0.2) is 4.98 Å². The molecule has 7 heteroatoms. The summed E-state index contributed by atoms with van der Waals surface area (Å²) >= 11 is 0. The van der Waals surface area contributed by atoms with Crippen LogP contribution in [0.1, 0.15) is 18.1 Å². The lowest BCUT2D eigenvalue weighted by Gasteiger charge is -2.27. The first-order valence-electron chi connectivity index (χ1n) is 6.53. The van der Waals surface area contributed by atoms with Gasteiger partial charge in [-0.2, -0.15) is 13.2 Å². The van der Waals surface area contributed by atoms with Gasteiger partial charge in [0.2, 0.25) is 5.88 Å². The van der Waals surface area contributed by atoms with Crippen LogP contribution in [-0.2, 0) is 16.9 Å². The molecule has 4 nitrogen and oxygen atoms in total. The van der Waals surface area contributed by atoms with E-state index in [4.69, 9.17) is 15.2 Å². The molecule has 116 valence electrons. The van der Waals surface area contributed by atoms with Gasteiger partial charge in [-0.05, 0) is 30.7 Å². The van der Waals surface area contributed by atoms with E-state index in [1.807, 2.05) is 0 Å². The SMILES string of the molecule is C[C@@]1(C(F)(F)F)OCc2ccc(Oc3ccc(N)cn3)cc21. The third-order valence-electron chi connectivity index (χ3n) is 3.63. The van der Waals surface area contributed by atoms with Crippen LogP contribution >= 0.6 is 0 Å². The van der Waals surface area contributed by atoms with Gasteiger partial charge >= 0.3 is 6.18 Å². The highest BCUT2D eigenvalue weighted by atomic mass is 19.4. The summed E-state index contributed by atoms with van der Waals surface area (Å²) in [6.45, 7) is 0.940. The molecule has 2 aromatic rings. The minimum atomic E-state index is -4.50. The predicted molar refractivity (Wildman–Crippen MR) is 73.4 cm³/mol. The van der Waals surface area contributed by atoms with Crippen LogP contribution in [-0.4, -0.2) is 11.2 Å². The number of halogens is 3. The summed E-state index contributed by atoms with van der Waals surface area (Å²) in [6, 6.07) is 7.63. The number of nitrogens with two attached hydrogens (primary N) is 1. The highest BCUT2D eigenvalue weighted by Gasteiger charge is 2.57. The van der Waals surface area contributed by atoms with E-state index in [9.17, 15) is 13.2 Å². The minimum absolute atomic E-state index is 0.0629. The molecule has 2 heterocycles. The van der Waals surface area contributed by atoms with Gasteiger partial charge in [-0.15, -0.1) is 0 Å². The maximum Gasteiger partial charge on any atom is 0.421 e. The normalized spacial score (nSPS) is 20.7. The molecule has 0 saturated carbocycles. The van der Waals surface area contributed by atoms with Gasteiger partial charge in [-0.3, -0.25) is 0 Å². The number of ether oxygens (including phenoxy) is 2. The third kappa shape index (κ3) is 2.37. The average Bonchev–Trinajstić information content (AvgIpc) is 2.80. The number of fused-ring (bicyclic) bond motifs is 1. The van der Waals surface area contributed by atoms with Crippen molar-refractivity contribution >= 4 is 5.69 Å². The molecule has 22 heavy (non-hydrogen) atoms. The number of pyridine rings is 1. The van der Waals surface area contributed by atoms with Crippen LogP contribution in [0.2, 0.25) is 0 Å². The van der Waals surface area contributed by atoms with Crippen molar-refractivity contribution in [1.29, 1.82) is 0 Å². The lowest BCUT2D eigenvalue weighted by atomic mass is 9.93. The van der Waals surface area contributed by atoms with E-state index in [2.05, 4.69) is 4.98 Å². The number of anilines is 1. The number of benzene rings is 1. The van der Waals surface area contributed by atoms with Gasteiger partial charge in [0, 0.05) is 11.6 Å². The number of alkyl halides is 3. The monoisotopic (exact) mass is 310 g/mol. The molecule has 2 N–H and O–H groups in total. The molecule has 3 rings (SSSR count). The average molecular weight is 310 g/mol. The van der Waals surface area contributed by atoms with Crippen molar-refractivity contribution < 1.29 is 22.6 Å². The van der Waals surface area contributed by atoms with Crippen LogP contribution in [0.4, 0.5) is 18.9 Å². The van der Waals surface area contributed by atoms with Crippen molar-refractivity contribution in [3.8, 4) is 11.6 Å². The van der Waals surface area contributed by atoms with E-state index in [-0.39, 0.29) is 23.8 Å². The smallest absolute Gasteiger partial charge is 0.421 e. The maximum atomic E-state index is 13.2. The first-order valence-corrected chi connectivity index (χ1v) is 6.53. The quantitative estimate of drug-likeness (QED) is 0.917. The molecule has 0 aliphatic carbocycles. The standard InChI is InChI=1S/C15H13F3N2O2/c1-14(15(16,17)18)12-6-11(4-2-9(12)8-21-14)22-13-5-3-10(19)7-20-13/h2-7H,8,19H2,1H3/t14-/m1/s1. The Labute approximate surface area is 124 Å². The van der Waals surface area contributed by atoms with Crippen LogP contribution in [0.15, 0.2) is 36.5 Å². The third-order valence-corrected chi connectivity index (χ3v) is 3.63. The molecule has 0 unspecified atom stereocenters. The van der Waals surface area contributed by atoms with E-state index in [0.29, 0.717) is 11.3 Å². The molecule has 1 aliphatic heterocycles. The van der Waals surface area contributed by atoms with Crippen molar-refractivity contribution in [1.82, 2.24) is 4.98 Å². The second-order valence-electron chi connectivity index (χ2n) is 5.17. The minimum Gasteiger partial charge on any atom is -0.439 e. The number of nitrogen functional groups attached to an aromatic ring is 1. The highest BCUT2D eigenvalue weighted by Crippen LogP contribution is 2.48. The summed E-state index contributed by atoms with van der Waals surface area (Å²) in [7, 11) is 0. The fourth-order valence-corrected chi connectivity index (χ4v) is 2.30. The predicted octanol–water partition coefficient (Wildman–Crippen LogP) is 3.76. The molecule has 0 spiro atoms. The molecule has 1 aromatic carbocycles. The molecule has 1 atom stereocenters. The maximum absolute atomic E-state index is 13.2. The largest absolute Gasteiger partial charge is 0.439 e. The Morgan fingerprint density at radius 2 is 2.05 bits per heavy atom. The Kier molecular flexibility index (Phi) is 3.25. The van der Waals surface area contributed by atoms with Gasteiger partial charge in [0.05, 0.1) is 18.5 Å². The van der Waals surface area contributed by atoms with Crippen molar-refractivity contribution in [2.45, 2.75) is 25.3 Å². The molecule has 0 saturated heterocycles. The summed E-state index contributed by atoms with van der Waals surface area (Å²) < 4.78 is 50.2. The second kappa shape index (κ2) is 4.88. The highest BCUT2D eigenvalue weighted by molar-refractivity contribution is 5.44. The number of nitrogens with zero attached hydrogens (tertiary/aromatic N) is 1. The lowest BCUT2D eigenvalue weighted by molar-refractivity contribution is -0.272. The molecule has 0 bridgehead atoms. The molecular weight excluding hydrogens is 297 g/mol. The van der Waals surface area contributed by atoms with Gasteiger partial charge in [0.1, 0.15) is 5.75 Å². The summed E-state index contributed by atoms with van der Waals surface area (Å²) in [5.41, 5.74) is 4.23. The van der Waals surface area contributed by atoms with Crippen LogP contribution < -0.4 is 10.5 Å². The summed E-state index contributed by atoms with van der Waals surface area (Å²) in [6.07, 6.45) is -3.10. The van der Waals surface area contributed by atoms with Crippen LogP contribution in [0, 0.1) is 0 Å². The van der Waals surface area contributed by atoms with Gasteiger partial charge in [-0.1, -0.05) is 6.07 Å². The molecular formula is C15H13F3N2O2. The molecule has 0 radical (unpaired) electrons. The van der Waals surface area contributed by atoms with Crippen LogP contribution in [0.5, 0.6) is 11.6 Å². The Bertz CT molecular complexity index is 701. The molecule has 0 amide bonds. The van der Waals surface area contributed by atoms with E-state index < -0.39 is 11.8 Å². The Balaban J connectivity index is 1.94. The fourth-order valence-electron chi connectivity index (χ4n) is 2.30. The number of hydrogen-bond acceptors (Lipinski definition) is 4. The number of hydrogen-bond donors (Lipinski definition) is 1. The van der Waals surface area contributed by atoms with Crippen LogP contribution in [0.25, 0.3) is 0 Å². The molecule has 1 aliphatic rings. The first kappa shape index (κ1) is 14.6. The summed E-state index contributed by atoms with van der Waals surface area (Å²) in [5, 5.41) is 0. The van der Waals surface area contributed by atoms with E-state index in [1.165, 1.54) is 12.3 Å². The van der Waals surface area contributed by atoms with Crippen LogP contribution in [0.3, 0.4) is 0 Å². The zero-order chi connectivity index (χ0) is 16.0. The Morgan fingerprint density at radius 1 is 1.27 bits per heavy atom. The van der Waals surface area contributed by atoms with E-state index in [1.54, 1.807) is 24.3 Å². The Morgan fingerprint density at radius 3 is 2.68 bits per heavy atom. The van der Waals surface area contributed by atoms with Gasteiger partial charge < -0.3 is 15.2 Å². The molecule has 0 fully saturated rings. The number of rotatable bonds is 2. The first-order chi connectivity index (χ1) is 10.3. The van der Waals surface area contributed by atoms with Crippen molar-refractivity contribution in [3.63, 3.8) is 0 Å². The Hall–Kier alpha value is -2.28. The zero-order valence-corrected chi connectivity index (χ0v) is 11.6. The van der Waals surface area contributed by atoms with Crippen molar-refractivity contribution in [3.05, 3.63) is 47.7 Å². The number of aromatic nitrogens is 1. The summed E-state index contributed by atoms with van der Waals surface area (Å²) in [4.78, 5) is 3.95. The lowest BCUT2D eigenvalue weighted by Crippen LogP contribution is -2.38. The summed E-state index contributed by atoms with van der Waals surface area (Å²) in [5.74, 6) is 0.513. The topological polar surface area (TPSA) is 57.4 Å². The van der Waals surface area contributed by atoms with Gasteiger partial charge in [0.25, 0.3) is 0 Å². The van der Waals surface area contributed by atoms with Crippen molar-refractivity contribution in [2.75, 3.05) is 5.73 Å². The fraction of sp³-hybridized carbons (Fsp3) is 0.267. The van der Waals surface area contributed by atoms with E-state index >= 15 is 0 Å².